The molecule has 2 aliphatic heterocycles. The molecule has 0 aliphatic carbocycles. The second-order valence-electron chi connectivity index (χ2n) is 8.10. The minimum atomic E-state index is 0.687. The molecule has 0 amide bonds. The zero-order valence-corrected chi connectivity index (χ0v) is 20.9. The fraction of sp³-hybridized carbons (Fsp3) is 0.143. The molecule has 2 aliphatic rings. The molecule has 5 rings (SSSR count). The number of pyridine rings is 1. The second kappa shape index (κ2) is 9.46. The van der Waals surface area contributed by atoms with Crippen molar-refractivity contribution in [3.63, 3.8) is 0 Å². The molecule has 0 bridgehead atoms. The fourth-order valence-electron chi connectivity index (χ4n) is 4.19. The van der Waals surface area contributed by atoms with Crippen LogP contribution in [-0.2, 0) is 6.54 Å². The molecule has 0 saturated carbocycles. The standard InChI is InChI=1S/C28H25N4S2/c1-4-32-20(2)27(28-30(3)24-14-13-22(18-29)16-25(24)33-28)34-26(32)17-23-12-8-9-15-31(23)19-21-10-6-5-7-11-21/h5-17H,2,4,19H2,1,3H3/q+1/b28-27+. The van der Waals surface area contributed by atoms with E-state index in [0.29, 0.717) is 5.56 Å². The van der Waals surface area contributed by atoms with Gasteiger partial charge in [0.25, 0.3) is 0 Å². The van der Waals surface area contributed by atoms with Crippen LogP contribution < -0.4 is 9.47 Å². The zero-order valence-electron chi connectivity index (χ0n) is 19.2. The zero-order chi connectivity index (χ0) is 23.7. The topological polar surface area (TPSA) is 34.1 Å². The van der Waals surface area contributed by atoms with Crippen LogP contribution >= 0.6 is 23.5 Å². The van der Waals surface area contributed by atoms with Gasteiger partial charge in [-0.3, -0.25) is 0 Å². The molecule has 1 saturated heterocycles. The molecule has 1 aromatic heterocycles. The number of hydrogen-bond donors (Lipinski definition) is 0. The third kappa shape index (κ3) is 4.13. The van der Waals surface area contributed by atoms with E-state index in [1.807, 2.05) is 18.2 Å². The van der Waals surface area contributed by atoms with E-state index in [-0.39, 0.29) is 0 Å². The van der Waals surface area contributed by atoms with Crippen molar-refractivity contribution in [2.45, 2.75) is 18.4 Å². The normalized spacial score (nSPS) is 18.5. The number of nitrogens with zero attached hydrogens (tertiary/aromatic N) is 4. The molecule has 3 heterocycles. The van der Waals surface area contributed by atoms with Crippen LogP contribution in [-0.4, -0.2) is 18.5 Å². The van der Waals surface area contributed by atoms with Crippen LogP contribution in [0.2, 0.25) is 0 Å². The van der Waals surface area contributed by atoms with E-state index in [0.717, 1.165) is 40.1 Å². The van der Waals surface area contributed by atoms with Crippen molar-refractivity contribution in [3.05, 3.63) is 117 Å². The Balaban J connectivity index is 1.50. The number of likely N-dealkylation sites (N-methyl/N-ethyl adjacent to an activating group) is 1. The van der Waals surface area contributed by atoms with E-state index in [1.54, 1.807) is 23.5 Å². The molecule has 1 fully saturated rings. The highest BCUT2D eigenvalue weighted by Gasteiger charge is 2.34. The molecule has 0 spiro atoms. The van der Waals surface area contributed by atoms with Gasteiger partial charge in [0, 0.05) is 42.3 Å². The third-order valence-corrected chi connectivity index (χ3v) is 8.50. The summed E-state index contributed by atoms with van der Waals surface area (Å²) in [4.78, 5) is 6.77. The average Bonchev–Trinajstić information content (AvgIpc) is 3.35. The highest BCUT2D eigenvalue weighted by Crippen LogP contribution is 2.54. The monoisotopic (exact) mass is 481 g/mol. The van der Waals surface area contributed by atoms with Gasteiger partial charge < -0.3 is 9.80 Å². The number of benzene rings is 2. The SMILES string of the molecule is C=C1/C(=C2\Sc3cc(C#N)ccc3N2C)S/C(=C\c2cccc[n+]2Cc2ccccc2)N1CC. The summed E-state index contributed by atoms with van der Waals surface area (Å²) in [6.45, 7) is 8.28. The van der Waals surface area contributed by atoms with Crippen molar-refractivity contribution in [3.8, 4) is 6.07 Å². The van der Waals surface area contributed by atoms with E-state index in [1.165, 1.54) is 15.5 Å². The Bertz CT molecular complexity index is 1370. The Kier molecular flexibility index (Phi) is 6.23. The second-order valence-corrected chi connectivity index (χ2v) is 10.2. The molecule has 34 heavy (non-hydrogen) atoms. The van der Waals surface area contributed by atoms with Crippen molar-refractivity contribution >= 4 is 35.3 Å². The Morgan fingerprint density at radius 2 is 1.85 bits per heavy atom. The van der Waals surface area contributed by atoms with Gasteiger partial charge in [-0.05, 0) is 31.2 Å². The smallest absolute Gasteiger partial charge is 0.208 e. The summed E-state index contributed by atoms with van der Waals surface area (Å²) in [5.41, 5.74) is 5.26. The highest BCUT2D eigenvalue weighted by atomic mass is 32.2. The third-order valence-electron chi connectivity index (χ3n) is 5.98. The van der Waals surface area contributed by atoms with Crippen LogP contribution in [0.1, 0.15) is 23.7 Å². The minimum absolute atomic E-state index is 0.687. The first kappa shape index (κ1) is 22.4. The molecule has 3 aromatic rings. The summed E-state index contributed by atoms with van der Waals surface area (Å²) < 4.78 is 2.28. The quantitative estimate of drug-likeness (QED) is 0.415. The molecule has 6 heteroatoms. The Morgan fingerprint density at radius 1 is 1.06 bits per heavy atom. The number of hydrogen-bond acceptors (Lipinski definition) is 5. The maximum Gasteiger partial charge on any atom is 0.208 e. The number of aromatic nitrogens is 1. The maximum atomic E-state index is 9.29. The first-order valence-electron chi connectivity index (χ1n) is 11.2. The van der Waals surface area contributed by atoms with E-state index in [4.69, 9.17) is 0 Å². The molecular weight excluding hydrogens is 456 g/mol. The number of thioether (sulfide) groups is 2. The largest absolute Gasteiger partial charge is 0.337 e. The van der Waals surface area contributed by atoms with Gasteiger partial charge in [0.05, 0.1) is 38.0 Å². The lowest BCUT2D eigenvalue weighted by atomic mass is 10.2. The fourth-order valence-corrected chi connectivity index (χ4v) is 6.78. The molecular formula is C28H25N4S2+. The molecule has 168 valence electrons. The minimum Gasteiger partial charge on any atom is -0.337 e. The molecule has 0 radical (unpaired) electrons. The number of rotatable bonds is 4. The van der Waals surface area contributed by atoms with E-state index >= 15 is 0 Å². The Morgan fingerprint density at radius 3 is 2.62 bits per heavy atom. The van der Waals surface area contributed by atoms with Crippen molar-refractivity contribution in [2.75, 3.05) is 18.5 Å². The van der Waals surface area contributed by atoms with Crippen molar-refractivity contribution in [2.24, 2.45) is 0 Å². The van der Waals surface area contributed by atoms with Crippen molar-refractivity contribution in [1.29, 1.82) is 5.26 Å². The average molecular weight is 482 g/mol. The lowest BCUT2D eigenvalue weighted by Gasteiger charge is -2.18. The van der Waals surface area contributed by atoms with Crippen molar-refractivity contribution in [1.82, 2.24) is 4.90 Å². The number of fused-ring (bicyclic) bond motifs is 1. The van der Waals surface area contributed by atoms with Crippen LogP contribution in [0.5, 0.6) is 0 Å². The van der Waals surface area contributed by atoms with Gasteiger partial charge in [0.15, 0.2) is 12.7 Å². The van der Waals surface area contributed by atoms with E-state index in [2.05, 4.69) is 102 Å². The van der Waals surface area contributed by atoms with Gasteiger partial charge in [0.2, 0.25) is 5.69 Å². The summed E-state index contributed by atoms with van der Waals surface area (Å²) in [5.74, 6) is 0. The van der Waals surface area contributed by atoms with Crippen LogP contribution in [0.15, 0.2) is 105 Å². The van der Waals surface area contributed by atoms with E-state index < -0.39 is 0 Å². The first-order valence-corrected chi connectivity index (χ1v) is 12.8. The van der Waals surface area contributed by atoms with E-state index in [9.17, 15) is 5.26 Å². The summed E-state index contributed by atoms with van der Waals surface area (Å²) >= 11 is 3.48. The van der Waals surface area contributed by atoms with Crippen LogP contribution in [0, 0.1) is 11.3 Å². The first-order chi connectivity index (χ1) is 16.6. The lowest BCUT2D eigenvalue weighted by molar-refractivity contribution is -0.690. The van der Waals surface area contributed by atoms with Crippen LogP contribution in [0.3, 0.4) is 0 Å². The predicted octanol–water partition coefficient (Wildman–Crippen LogP) is 6.19. The molecule has 0 atom stereocenters. The summed E-state index contributed by atoms with van der Waals surface area (Å²) in [5, 5.41) is 11.6. The highest BCUT2D eigenvalue weighted by molar-refractivity contribution is 8.09. The summed E-state index contributed by atoms with van der Waals surface area (Å²) in [6.07, 6.45) is 4.39. The van der Waals surface area contributed by atoms with Crippen LogP contribution in [0.25, 0.3) is 6.08 Å². The van der Waals surface area contributed by atoms with Crippen LogP contribution in [0.4, 0.5) is 5.69 Å². The number of nitriles is 1. The lowest BCUT2D eigenvalue weighted by Crippen LogP contribution is -2.37. The Hall–Kier alpha value is -3.40. The Labute approximate surface area is 209 Å². The van der Waals surface area contributed by atoms with Gasteiger partial charge >= 0.3 is 0 Å². The summed E-state index contributed by atoms with van der Waals surface area (Å²) in [6, 6.07) is 25.0. The molecule has 0 N–H and O–H groups in total. The van der Waals surface area contributed by atoms with Gasteiger partial charge in [-0.2, -0.15) is 9.83 Å². The number of anilines is 1. The van der Waals surface area contributed by atoms with Gasteiger partial charge in [-0.25, -0.2) is 0 Å². The molecule has 2 aromatic carbocycles. The molecule has 0 unspecified atom stereocenters. The summed E-state index contributed by atoms with van der Waals surface area (Å²) in [7, 11) is 2.09. The van der Waals surface area contributed by atoms with Gasteiger partial charge in [0.1, 0.15) is 0 Å². The maximum absolute atomic E-state index is 9.29. The molecule has 4 nitrogen and oxygen atoms in total. The predicted molar refractivity (Wildman–Crippen MR) is 142 cm³/mol. The van der Waals surface area contributed by atoms with Gasteiger partial charge in [-0.15, -0.1) is 0 Å². The van der Waals surface area contributed by atoms with Crippen molar-refractivity contribution < 1.29 is 4.57 Å². The van der Waals surface area contributed by atoms with Gasteiger partial charge in [-0.1, -0.05) is 60.4 Å².